The van der Waals surface area contributed by atoms with Crippen molar-refractivity contribution in [2.24, 2.45) is 7.05 Å². The topological polar surface area (TPSA) is 39.1 Å². The maximum absolute atomic E-state index is 5.40. The van der Waals surface area contributed by atoms with Crippen molar-refractivity contribution in [2.45, 2.75) is 27.3 Å². The predicted octanol–water partition coefficient (Wildman–Crippen LogP) is 2.97. The van der Waals surface area contributed by atoms with Crippen LogP contribution in [0, 0.1) is 20.8 Å². The minimum absolute atomic E-state index is 0.715. The molecule has 0 radical (unpaired) electrons. The highest BCUT2D eigenvalue weighted by atomic mass is 16.5. The molecule has 0 aliphatic carbocycles. The van der Waals surface area contributed by atoms with Gasteiger partial charge in [-0.3, -0.25) is 0 Å². The Morgan fingerprint density at radius 1 is 1.26 bits per heavy atom. The van der Waals surface area contributed by atoms with E-state index in [1.807, 2.05) is 14.0 Å². The number of benzene rings is 1. The van der Waals surface area contributed by atoms with Gasteiger partial charge in [-0.2, -0.15) is 5.10 Å². The molecule has 1 heterocycles. The number of rotatable bonds is 4. The molecule has 0 bridgehead atoms. The lowest BCUT2D eigenvalue weighted by molar-refractivity contribution is 0.370. The first-order valence-electron chi connectivity index (χ1n) is 6.40. The zero-order valence-corrected chi connectivity index (χ0v) is 12.2. The Kier molecular flexibility index (Phi) is 3.79. The summed E-state index contributed by atoms with van der Waals surface area (Å²) in [5.74, 6) is 0.815. The molecule has 0 unspecified atom stereocenters. The largest absolute Gasteiger partial charge is 0.481 e. The second kappa shape index (κ2) is 5.34. The van der Waals surface area contributed by atoms with Gasteiger partial charge < -0.3 is 10.1 Å². The Morgan fingerprint density at radius 2 is 2.00 bits per heavy atom. The number of hydrogen-bond donors (Lipinski definition) is 1. The summed E-state index contributed by atoms with van der Waals surface area (Å²) in [6, 6.07) is 6.41. The third-order valence-electron chi connectivity index (χ3n) is 3.33. The highest BCUT2D eigenvalue weighted by molar-refractivity contribution is 5.53. The molecule has 19 heavy (non-hydrogen) atoms. The summed E-state index contributed by atoms with van der Waals surface area (Å²) in [5.41, 5.74) is 5.75. The Hall–Kier alpha value is -1.97. The van der Waals surface area contributed by atoms with Crippen LogP contribution in [-0.4, -0.2) is 16.9 Å². The quantitative estimate of drug-likeness (QED) is 0.917. The van der Waals surface area contributed by atoms with E-state index in [4.69, 9.17) is 4.74 Å². The molecule has 0 amide bonds. The third-order valence-corrected chi connectivity index (χ3v) is 3.33. The van der Waals surface area contributed by atoms with Crippen molar-refractivity contribution in [3.63, 3.8) is 0 Å². The zero-order chi connectivity index (χ0) is 14.0. The van der Waals surface area contributed by atoms with Crippen LogP contribution in [0.15, 0.2) is 18.2 Å². The van der Waals surface area contributed by atoms with Crippen LogP contribution in [-0.2, 0) is 13.6 Å². The fourth-order valence-electron chi connectivity index (χ4n) is 2.25. The van der Waals surface area contributed by atoms with Crippen LogP contribution in [0.2, 0.25) is 0 Å². The van der Waals surface area contributed by atoms with Crippen LogP contribution in [0.4, 0.5) is 5.69 Å². The van der Waals surface area contributed by atoms with Crippen molar-refractivity contribution in [3.05, 3.63) is 40.6 Å². The zero-order valence-electron chi connectivity index (χ0n) is 12.2. The van der Waals surface area contributed by atoms with Crippen molar-refractivity contribution >= 4 is 5.69 Å². The molecule has 0 aliphatic heterocycles. The lowest BCUT2D eigenvalue weighted by Crippen LogP contribution is -2.04. The van der Waals surface area contributed by atoms with Gasteiger partial charge in [0.15, 0.2) is 0 Å². The van der Waals surface area contributed by atoms with E-state index in [0.717, 1.165) is 22.8 Å². The fraction of sp³-hybridized carbons (Fsp3) is 0.400. The molecule has 2 rings (SSSR count). The monoisotopic (exact) mass is 259 g/mol. The molecule has 4 nitrogen and oxygen atoms in total. The Labute approximate surface area is 114 Å². The van der Waals surface area contributed by atoms with Crippen LogP contribution in [0.25, 0.3) is 0 Å². The number of ether oxygens (including phenoxy) is 1. The normalized spacial score (nSPS) is 10.6. The highest BCUT2D eigenvalue weighted by Gasteiger charge is 2.13. The van der Waals surface area contributed by atoms with Crippen LogP contribution in [0.3, 0.4) is 0 Å². The first-order valence-corrected chi connectivity index (χ1v) is 6.40. The van der Waals surface area contributed by atoms with Crippen LogP contribution in [0.5, 0.6) is 5.88 Å². The minimum atomic E-state index is 0.715. The lowest BCUT2D eigenvalue weighted by atomic mass is 10.1. The first-order chi connectivity index (χ1) is 9.02. The number of aromatic nitrogens is 2. The molecule has 2 aromatic rings. The van der Waals surface area contributed by atoms with E-state index in [0.29, 0.717) is 6.54 Å². The molecule has 1 aromatic carbocycles. The van der Waals surface area contributed by atoms with E-state index in [2.05, 4.69) is 42.5 Å². The van der Waals surface area contributed by atoms with Crippen LogP contribution in [0.1, 0.15) is 22.4 Å². The van der Waals surface area contributed by atoms with Crippen molar-refractivity contribution in [3.8, 4) is 5.88 Å². The van der Waals surface area contributed by atoms with Crippen molar-refractivity contribution < 1.29 is 4.74 Å². The molecule has 0 aliphatic rings. The van der Waals surface area contributed by atoms with E-state index < -0.39 is 0 Å². The Bertz CT molecular complexity index is 587. The predicted molar refractivity (Wildman–Crippen MR) is 77.7 cm³/mol. The SMILES string of the molecule is COc1c(CNc2cc(C)ccc2C)c(C)nn1C. The summed E-state index contributed by atoms with van der Waals surface area (Å²) in [4.78, 5) is 0. The highest BCUT2D eigenvalue weighted by Crippen LogP contribution is 2.23. The summed E-state index contributed by atoms with van der Waals surface area (Å²) < 4.78 is 7.17. The van der Waals surface area contributed by atoms with Gasteiger partial charge in [-0.15, -0.1) is 0 Å². The molecule has 4 heteroatoms. The molecular formula is C15H21N3O. The van der Waals surface area contributed by atoms with Gasteiger partial charge in [-0.05, 0) is 38.0 Å². The van der Waals surface area contributed by atoms with Gasteiger partial charge in [0.1, 0.15) is 0 Å². The summed E-state index contributed by atoms with van der Waals surface area (Å²) in [5, 5.41) is 7.85. The molecule has 1 N–H and O–H groups in total. The van der Waals surface area contributed by atoms with Crippen LogP contribution >= 0.6 is 0 Å². The fourth-order valence-corrected chi connectivity index (χ4v) is 2.25. The molecule has 0 saturated heterocycles. The number of anilines is 1. The molecule has 102 valence electrons. The van der Waals surface area contributed by atoms with E-state index in [1.165, 1.54) is 11.1 Å². The second-order valence-electron chi connectivity index (χ2n) is 4.87. The number of aryl methyl sites for hydroxylation is 4. The lowest BCUT2D eigenvalue weighted by Gasteiger charge is -2.11. The van der Waals surface area contributed by atoms with Gasteiger partial charge in [-0.1, -0.05) is 12.1 Å². The van der Waals surface area contributed by atoms with E-state index in [9.17, 15) is 0 Å². The average Bonchev–Trinajstić information content (AvgIpc) is 2.64. The number of nitrogens with one attached hydrogen (secondary N) is 1. The van der Waals surface area contributed by atoms with Gasteiger partial charge >= 0.3 is 0 Å². The summed E-state index contributed by atoms with van der Waals surface area (Å²) in [6.07, 6.45) is 0. The molecule has 0 fully saturated rings. The summed E-state index contributed by atoms with van der Waals surface area (Å²) in [6.45, 7) is 6.92. The minimum Gasteiger partial charge on any atom is -0.481 e. The molecule has 1 aromatic heterocycles. The first kappa shape index (κ1) is 13.5. The maximum Gasteiger partial charge on any atom is 0.216 e. The third kappa shape index (κ3) is 2.72. The van der Waals surface area contributed by atoms with Crippen LogP contribution < -0.4 is 10.1 Å². The average molecular weight is 259 g/mol. The smallest absolute Gasteiger partial charge is 0.216 e. The van der Waals surface area contributed by atoms with E-state index in [1.54, 1.807) is 11.8 Å². The summed E-state index contributed by atoms with van der Waals surface area (Å²) >= 11 is 0. The molecular weight excluding hydrogens is 238 g/mol. The van der Waals surface area contributed by atoms with Gasteiger partial charge in [0, 0.05) is 19.3 Å². The number of methoxy groups -OCH3 is 1. The maximum atomic E-state index is 5.40. The number of hydrogen-bond acceptors (Lipinski definition) is 3. The van der Waals surface area contributed by atoms with Gasteiger partial charge in [0.2, 0.25) is 5.88 Å². The molecule has 0 saturated carbocycles. The molecule has 0 atom stereocenters. The Balaban J connectivity index is 2.21. The van der Waals surface area contributed by atoms with E-state index in [-0.39, 0.29) is 0 Å². The number of nitrogens with zero attached hydrogens (tertiary/aromatic N) is 2. The van der Waals surface area contributed by atoms with E-state index >= 15 is 0 Å². The van der Waals surface area contributed by atoms with Gasteiger partial charge in [-0.25, -0.2) is 4.68 Å². The van der Waals surface area contributed by atoms with Gasteiger partial charge in [0.05, 0.1) is 18.4 Å². The van der Waals surface area contributed by atoms with Crippen molar-refractivity contribution in [1.29, 1.82) is 0 Å². The summed E-state index contributed by atoms with van der Waals surface area (Å²) in [7, 11) is 3.57. The van der Waals surface area contributed by atoms with Crippen molar-refractivity contribution in [2.75, 3.05) is 12.4 Å². The molecule has 0 spiro atoms. The Morgan fingerprint density at radius 3 is 2.68 bits per heavy atom. The standard InChI is InChI=1S/C15H21N3O/c1-10-6-7-11(2)14(8-10)16-9-13-12(3)17-18(4)15(13)19-5/h6-8,16H,9H2,1-5H3. The van der Waals surface area contributed by atoms with Gasteiger partial charge in [0.25, 0.3) is 0 Å². The van der Waals surface area contributed by atoms with Crippen molar-refractivity contribution in [1.82, 2.24) is 9.78 Å². The second-order valence-corrected chi connectivity index (χ2v) is 4.87.